The number of hydrogen-bond donors (Lipinski definition) is 1. The Kier molecular flexibility index (Phi) is 4.65. The van der Waals surface area contributed by atoms with Crippen LogP contribution in [0.3, 0.4) is 0 Å². The van der Waals surface area contributed by atoms with Crippen LogP contribution in [0.1, 0.15) is 31.9 Å². The molecule has 1 N–H and O–H groups in total. The fourth-order valence-electron chi connectivity index (χ4n) is 2.55. The van der Waals surface area contributed by atoms with Gasteiger partial charge in [0, 0.05) is 11.8 Å². The van der Waals surface area contributed by atoms with Gasteiger partial charge in [-0.15, -0.1) is 0 Å². The highest BCUT2D eigenvalue weighted by atomic mass is 32.2. The first-order valence-electron chi connectivity index (χ1n) is 7.16. The normalized spacial score (nSPS) is 22.5. The van der Waals surface area contributed by atoms with Crippen LogP contribution in [0.2, 0.25) is 0 Å². The molecule has 6 heteroatoms. The Morgan fingerprint density at radius 1 is 1.32 bits per heavy atom. The van der Waals surface area contributed by atoms with Gasteiger partial charge < -0.3 is 14.6 Å². The molecule has 122 valence electrons. The number of rotatable bonds is 4. The van der Waals surface area contributed by atoms with Crippen LogP contribution in [0.5, 0.6) is 0 Å². The molecule has 0 aliphatic carbocycles. The predicted molar refractivity (Wildman–Crippen MR) is 84.0 cm³/mol. The van der Waals surface area contributed by atoms with Gasteiger partial charge in [0.1, 0.15) is 0 Å². The summed E-state index contributed by atoms with van der Waals surface area (Å²) in [5.41, 5.74) is 2.39. The molecule has 0 aromatic heterocycles. The number of ether oxygens (including phenoxy) is 2. The molecule has 0 bridgehead atoms. The molecule has 1 heterocycles. The summed E-state index contributed by atoms with van der Waals surface area (Å²) in [5.74, 6) is 0.401. The lowest BCUT2D eigenvalue weighted by Crippen LogP contribution is -2.15. The molecule has 1 aromatic rings. The summed E-state index contributed by atoms with van der Waals surface area (Å²) in [5, 5.41) is 10.0. The molecule has 5 nitrogen and oxygen atoms in total. The van der Waals surface area contributed by atoms with Gasteiger partial charge >= 0.3 is 0 Å². The zero-order valence-electron chi connectivity index (χ0n) is 13.5. The van der Waals surface area contributed by atoms with Crippen LogP contribution in [0.25, 0.3) is 5.57 Å². The molecular weight excluding hydrogens is 304 g/mol. The van der Waals surface area contributed by atoms with Crippen molar-refractivity contribution >= 4 is 15.4 Å². The van der Waals surface area contributed by atoms with Gasteiger partial charge in [0.2, 0.25) is 6.29 Å². The Balaban J connectivity index is 2.55. The Labute approximate surface area is 131 Å². The van der Waals surface area contributed by atoms with Crippen LogP contribution in [0, 0.1) is 6.92 Å². The Morgan fingerprint density at radius 3 is 2.45 bits per heavy atom. The predicted octanol–water partition coefficient (Wildman–Crippen LogP) is 2.27. The van der Waals surface area contributed by atoms with E-state index in [0.29, 0.717) is 5.76 Å². The van der Waals surface area contributed by atoms with E-state index in [1.807, 2.05) is 27.7 Å². The highest BCUT2D eigenvalue weighted by Crippen LogP contribution is 2.36. The largest absolute Gasteiger partial charge is 0.490 e. The van der Waals surface area contributed by atoms with E-state index in [-0.39, 0.29) is 17.1 Å². The minimum atomic E-state index is -3.25. The molecule has 2 rings (SSSR count). The van der Waals surface area contributed by atoms with Crippen molar-refractivity contribution in [2.24, 2.45) is 0 Å². The van der Waals surface area contributed by atoms with E-state index in [1.165, 1.54) is 6.26 Å². The summed E-state index contributed by atoms with van der Waals surface area (Å²) in [4.78, 5) is 0.271. The third kappa shape index (κ3) is 3.34. The summed E-state index contributed by atoms with van der Waals surface area (Å²) in [6.45, 7) is 7.42. The first-order chi connectivity index (χ1) is 10.1. The van der Waals surface area contributed by atoms with E-state index in [0.717, 1.165) is 16.7 Å². The monoisotopic (exact) mass is 326 g/mol. The molecule has 0 saturated carbocycles. The first-order valence-corrected chi connectivity index (χ1v) is 9.05. The highest BCUT2D eigenvalue weighted by Gasteiger charge is 2.34. The molecule has 0 spiro atoms. The van der Waals surface area contributed by atoms with Crippen molar-refractivity contribution < 1.29 is 23.0 Å². The van der Waals surface area contributed by atoms with Crippen molar-refractivity contribution in [3.05, 3.63) is 35.1 Å². The second-order valence-electron chi connectivity index (χ2n) is 5.82. The molecule has 22 heavy (non-hydrogen) atoms. The van der Waals surface area contributed by atoms with Gasteiger partial charge in [-0.05, 0) is 51.0 Å². The molecule has 2 atom stereocenters. The van der Waals surface area contributed by atoms with Crippen LogP contribution in [0.15, 0.2) is 28.9 Å². The second-order valence-corrected chi connectivity index (χ2v) is 7.84. The molecule has 1 aliphatic rings. The number of aryl methyl sites for hydroxylation is 1. The zero-order chi connectivity index (χ0) is 16.7. The number of sulfone groups is 1. The van der Waals surface area contributed by atoms with Gasteiger partial charge in [0.05, 0.1) is 17.1 Å². The fraction of sp³-hybridized carbons (Fsp3) is 0.500. The molecule has 1 aromatic carbocycles. The maximum Gasteiger partial charge on any atom is 0.215 e. The van der Waals surface area contributed by atoms with Crippen molar-refractivity contribution in [2.75, 3.05) is 6.26 Å². The van der Waals surface area contributed by atoms with E-state index in [4.69, 9.17) is 9.47 Å². The second kappa shape index (κ2) is 6.02. The number of benzene rings is 1. The lowest BCUT2D eigenvalue weighted by atomic mass is 9.97. The summed E-state index contributed by atoms with van der Waals surface area (Å²) in [6, 6.07) is 4.93. The Morgan fingerprint density at radius 2 is 1.95 bits per heavy atom. The average Bonchev–Trinajstić information content (AvgIpc) is 2.63. The lowest BCUT2D eigenvalue weighted by molar-refractivity contribution is -0.101. The average molecular weight is 326 g/mol. The standard InChI is InChI=1S/C16H22O5S/c1-9(2)20-15-14(11(4)21-16(15)17)13-7-6-12(8-10(13)3)22(5,18)19/h6-9,11,16-17H,1-5H3. The summed E-state index contributed by atoms with van der Waals surface area (Å²) >= 11 is 0. The van der Waals surface area contributed by atoms with Crippen LogP contribution in [0.4, 0.5) is 0 Å². The summed E-state index contributed by atoms with van der Waals surface area (Å²) in [6.07, 6.45) is -0.337. The van der Waals surface area contributed by atoms with Gasteiger partial charge in [-0.25, -0.2) is 8.42 Å². The van der Waals surface area contributed by atoms with Crippen molar-refractivity contribution in [2.45, 2.75) is 51.1 Å². The molecular formula is C16H22O5S. The van der Waals surface area contributed by atoms with Gasteiger partial charge in [-0.2, -0.15) is 0 Å². The minimum Gasteiger partial charge on any atom is -0.490 e. The molecule has 2 unspecified atom stereocenters. The van der Waals surface area contributed by atoms with Crippen molar-refractivity contribution in [1.29, 1.82) is 0 Å². The zero-order valence-corrected chi connectivity index (χ0v) is 14.3. The molecule has 0 radical (unpaired) electrons. The molecule has 0 fully saturated rings. The smallest absolute Gasteiger partial charge is 0.215 e. The van der Waals surface area contributed by atoms with Gasteiger partial charge in [-0.1, -0.05) is 6.07 Å². The minimum absolute atomic E-state index is 0.0934. The van der Waals surface area contributed by atoms with Gasteiger partial charge in [-0.3, -0.25) is 0 Å². The van der Waals surface area contributed by atoms with E-state index >= 15 is 0 Å². The maximum absolute atomic E-state index is 11.6. The van der Waals surface area contributed by atoms with E-state index in [1.54, 1.807) is 18.2 Å². The number of aliphatic hydroxyl groups excluding tert-OH is 1. The van der Waals surface area contributed by atoms with Gasteiger partial charge in [0.25, 0.3) is 0 Å². The third-order valence-corrected chi connectivity index (χ3v) is 4.62. The Bertz CT molecular complexity index is 703. The fourth-order valence-corrected chi connectivity index (χ4v) is 3.26. The van der Waals surface area contributed by atoms with Crippen molar-refractivity contribution in [3.8, 4) is 0 Å². The number of hydrogen-bond acceptors (Lipinski definition) is 5. The highest BCUT2D eigenvalue weighted by molar-refractivity contribution is 7.90. The topological polar surface area (TPSA) is 72.8 Å². The van der Waals surface area contributed by atoms with Crippen LogP contribution >= 0.6 is 0 Å². The van der Waals surface area contributed by atoms with E-state index in [2.05, 4.69) is 0 Å². The Hall–Kier alpha value is -1.37. The molecule has 1 aliphatic heterocycles. The molecule has 0 amide bonds. The first kappa shape index (κ1) is 17.0. The third-order valence-electron chi connectivity index (χ3n) is 3.51. The molecule has 0 saturated heterocycles. The van der Waals surface area contributed by atoms with E-state index < -0.39 is 16.1 Å². The summed E-state index contributed by atoms with van der Waals surface area (Å²) in [7, 11) is -3.25. The van der Waals surface area contributed by atoms with Crippen LogP contribution in [-0.4, -0.2) is 38.3 Å². The van der Waals surface area contributed by atoms with Crippen molar-refractivity contribution in [1.82, 2.24) is 0 Å². The lowest BCUT2D eigenvalue weighted by Gasteiger charge is -2.16. The van der Waals surface area contributed by atoms with Crippen LogP contribution < -0.4 is 0 Å². The van der Waals surface area contributed by atoms with Crippen LogP contribution in [-0.2, 0) is 19.3 Å². The van der Waals surface area contributed by atoms with Gasteiger partial charge in [0.15, 0.2) is 15.6 Å². The quantitative estimate of drug-likeness (QED) is 0.919. The van der Waals surface area contributed by atoms with Crippen molar-refractivity contribution in [3.63, 3.8) is 0 Å². The number of aliphatic hydroxyl groups is 1. The maximum atomic E-state index is 11.6. The SMILES string of the molecule is Cc1cc(S(C)(=O)=O)ccc1C1=C(OC(C)C)C(O)OC1C. The van der Waals surface area contributed by atoms with E-state index in [9.17, 15) is 13.5 Å². The summed E-state index contributed by atoms with van der Waals surface area (Å²) < 4.78 is 34.4.